The predicted molar refractivity (Wildman–Crippen MR) is 92.9 cm³/mol. The molecular formula is C17H17F3N2O4S. The molecule has 6 nitrogen and oxygen atoms in total. The van der Waals surface area contributed by atoms with Gasteiger partial charge in [-0.05, 0) is 42.5 Å². The van der Waals surface area contributed by atoms with Crippen LogP contribution in [0.1, 0.15) is 12.0 Å². The average molecular weight is 402 g/mol. The number of hydrogen-bond acceptors (Lipinski definition) is 4. The van der Waals surface area contributed by atoms with E-state index < -0.39 is 27.7 Å². The van der Waals surface area contributed by atoms with Crippen LogP contribution in [0, 0.1) is 0 Å². The number of alkyl halides is 3. The van der Waals surface area contributed by atoms with Crippen molar-refractivity contribution >= 4 is 21.6 Å². The van der Waals surface area contributed by atoms with Crippen LogP contribution in [0.2, 0.25) is 0 Å². The lowest BCUT2D eigenvalue weighted by molar-refractivity contribution is -0.137. The zero-order valence-electron chi connectivity index (χ0n) is 14.2. The van der Waals surface area contributed by atoms with E-state index in [9.17, 15) is 26.4 Å². The minimum Gasteiger partial charge on any atom is -0.497 e. The number of amides is 1. The molecule has 0 aromatic heterocycles. The summed E-state index contributed by atoms with van der Waals surface area (Å²) in [5.74, 6) is -0.124. The van der Waals surface area contributed by atoms with Crippen LogP contribution in [0.15, 0.2) is 53.4 Å². The van der Waals surface area contributed by atoms with Crippen LogP contribution < -0.4 is 14.8 Å². The first-order valence-electron chi connectivity index (χ1n) is 7.72. The van der Waals surface area contributed by atoms with E-state index in [-0.39, 0.29) is 23.5 Å². The second-order valence-corrected chi connectivity index (χ2v) is 7.22. The highest BCUT2D eigenvalue weighted by Gasteiger charge is 2.30. The van der Waals surface area contributed by atoms with Gasteiger partial charge in [0.1, 0.15) is 5.75 Å². The summed E-state index contributed by atoms with van der Waals surface area (Å²) in [7, 11) is -2.36. The van der Waals surface area contributed by atoms with E-state index in [2.05, 4.69) is 10.0 Å². The third-order valence-electron chi connectivity index (χ3n) is 3.49. The Morgan fingerprint density at radius 3 is 2.37 bits per heavy atom. The topological polar surface area (TPSA) is 84.5 Å². The molecule has 27 heavy (non-hydrogen) atoms. The van der Waals surface area contributed by atoms with Gasteiger partial charge in [-0.15, -0.1) is 0 Å². The van der Waals surface area contributed by atoms with Crippen molar-refractivity contribution in [2.45, 2.75) is 17.5 Å². The maximum absolute atomic E-state index is 12.7. The molecule has 0 aliphatic rings. The number of nitrogens with one attached hydrogen (secondary N) is 2. The van der Waals surface area contributed by atoms with Crippen LogP contribution in [-0.4, -0.2) is 28.0 Å². The highest BCUT2D eigenvalue weighted by atomic mass is 32.2. The van der Waals surface area contributed by atoms with Crippen molar-refractivity contribution in [3.63, 3.8) is 0 Å². The summed E-state index contributed by atoms with van der Waals surface area (Å²) in [6, 6.07) is 9.84. The quantitative estimate of drug-likeness (QED) is 0.746. The van der Waals surface area contributed by atoms with Gasteiger partial charge in [-0.1, -0.05) is 6.07 Å². The summed E-state index contributed by atoms with van der Waals surface area (Å²) in [6.45, 7) is -0.209. The Morgan fingerprint density at radius 1 is 1.11 bits per heavy atom. The largest absolute Gasteiger partial charge is 0.497 e. The fourth-order valence-corrected chi connectivity index (χ4v) is 3.17. The Morgan fingerprint density at radius 2 is 1.78 bits per heavy atom. The Kier molecular flexibility index (Phi) is 6.45. The first-order chi connectivity index (χ1) is 12.6. The Hall–Kier alpha value is -2.59. The van der Waals surface area contributed by atoms with Gasteiger partial charge in [0.15, 0.2) is 0 Å². The normalized spacial score (nSPS) is 11.9. The van der Waals surface area contributed by atoms with E-state index in [1.807, 2.05) is 0 Å². The van der Waals surface area contributed by atoms with E-state index in [1.165, 1.54) is 43.5 Å². The van der Waals surface area contributed by atoms with Gasteiger partial charge >= 0.3 is 6.18 Å². The maximum atomic E-state index is 12.7. The van der Waals surface area contributed by atoms with Crippen molar-refractivity contribution in [2.75, 3.05) is 19.0 Å². The standard InChI is InChI=1S/C17H17F3N2O4S/c1-26-14-5-7-15(8-6-14)27(24,25)21-10-9-16(23)22-13-4-2-3-12(11-13)17(18,19)20/h2-8,11,21H,9-10H2,1H3,(H,22,23). The number of rotatable bonds is 7. The van der Waals surface area contributed by atoms with E-state index in [0.29, 0.717) is 5.75 Å². The molecule has 0 atom stereocenters. The van der Waals surface area contributed by atoms with Crippen LogP contribution in [0.25, 0.3) is 0 Å². The van der Waals surface area contributed by atoms with E-state index in [4.69, 9.17) is 4.74 Å². The van der Waals surface area contributed by atoms with Crippen molar-refractivity contribution < 1.29 is 31.1 Å². The molecule has 2 aromatic rings. The fourth-order valence-electron chi connectivity index (χ4n) is 2.13. The molecule has 0 fully saturated rings. The van der Waals surface area contributed by atoms with Crippen molar-refractivity contribution in [3.05, 3.63) is 54.1 Å². The molecule has 0 aliphatic carbocycles. The molecule has 2 N–H and O–H groups in total. The van der Waals surface area contributed by atoms with Crippen molar-refractivity contribution in [2.24, 2.45) is 0 Å². The molecule has 0 unspecified atom stereocenters. The lowest BCUT2D eigenvalue weighted by Crippen LogP contribution is -2.27. The van der Waals surface area contributed by atoms with Crippen molar-refractivity contribution in [1.82, 2.24) is 4.72 Å². The van der Waals surface area contributed by atoms with Gasteiger partial charge in [0.2, 0.25) is 15.9 Å². The molecule has 0 heterocycles. The van der Waals surface area contributed by atoms with Crippen molar-refractivity contribution in [1.29, 1.82) is 0 Å². The van der Waals surface area contributed by atoms with Gasteiger partial charge < -0.3 is 10.1 Å². The third kappa shape index (κ3) is 5.97. The highest BCUT2D eigenvalue weighted by Crippen LogP contribution is 2.30. The number of sulfonamides is 1. The summed E-state index contributed by atoms with van der Waals surface area (Å²) in [5.41, 5.74) is -0.909. The number of halogens is 3. The number of ether oxygens (including phenoxy) is 1. The zero-order chi connectivity index (χ0) is 20.1. The molecule has 0 saturated carbocycles. The van der Waals surface area contributed by atoms with E-state index in [0.717, 1.165) is 12.1 Å². The predicted octanol–water partition coefficient (Wildman–Crippen LogP) is 3.02. The molecule has 0 spiro atoms. The van der Waals surface area contributed by atoms with Gasteiger partial charge in [0.25, 0.3) is 0 Å². The lowest BCUT2D eigenvalue weighted by atomic mass is 10.2. The molecule has 2 rings (SSSR count). The SMILES string of the molecule is COc1ccc(S(=O)(=O)NCCC(=O)Nc2cccc(C(F)(F)F)c2)cc1. The Labute approximate surface area is 154 Å². The van der Waals surface area contributed by atoms with Gasteiger partial charge in [0.05, 0.1) is 17.6 Å². The van der Waals surface area contributed by atoms with Gasteiger partial charge in [-0.25, -0.2) is 13.1 Å². The van der Waals surface area contributed by atoms with Crippen molar-refractivity contribution in [3.8, 4) is 5.75 Å². The number of hydrogen-bond donors (Lipinski definition) is 2. The zero-order valence-corrected chi connectivity index (χ0v) is 15.0. The lowest BCUT2D eigenvalue weighted by Gasteiger charge is -2.10. The van der Waals surface area contributed by atoms with Crippen LogP contribution in [0.5, 0.6) is 5.75 Å². The molecule has 0 bridgehead atoms. The van der Waals surface area contributed by atoms with Crippen LogP contribution >= 0.6 is 0 Å². The minimum absolute atomic E-state index is 0.00147. The molecule has 0 saturated heterocycles. The molecule has 1 amide bonds. The molecule has 0 aliphatic heterocycles. The van der Waals surface area contributed by atoms with Crippen LogP contribution in [0.4, 0.5) is 18.9 Å². The van der Waals surface area contributed by atoms with Gasteiger partial charge in [-0.3, -0.25) is 4.79 Å². The van der Waals surface area contributed by atoms with E-state index in [1.54, 1.807) is 0 Å². The molecule has 146 valence electrons. The number of benzene rings is 2. The first-order valence-corrected chi connectivity index (χ1v) is 9.21. The second-order valence-electron chi connectivity index (χ2n) is 5.45. The molecule has 2 aromatic carbocycles. The smallest absolute Gasteiger partial charge is 0.416 e. The summed E-state index contributed by atoms with van der Waals surface area (Å²) >= 11 is 0. The molecule has 10 heteroatoms. The fraction of sp³-hybridized carbons (Fsp3) is 0.235. The number of carbonyl (C=O) groups is 1. The Balaban J connectivity index is 1.90. The summed E-state index contributed by atoms with van der Waals surface area (Å²) in [6.07, 6.45) is -4.76. The summed E-state index contributed by atoms with van der Waals surface area (Å²) < 4.78 is 69.4. The molecule has 0 radical (unpaired) electrons. The third-order valence-corrected chi connectivity index (χ3v) is 4.96. The maximum Gasteiger partial charge on any atom is 0.416 e. The number of carbonyl (C=O) groups excluding carboxylic acids is 1. The molecular weight excluding hydrogens is 385 g/mol. The summed E-state index contributed by atoms with van der Waals surface area (Å²) in [4.78, 5) is 11.8. The van der Waals surface area contributed by atoms with Gasteiger partial charge in [0, 0.05) is 18.7 Å². The van der Waals surface area contributed by atoms with Crippen LogP contribution in [0.3, 0.4) is 0 Å². The Bertz CT molecular complexity index is 897. The minimum atomic E-state index is -4.52. The highest BCUT2D eigenvalue weighted by molar-refractivity contribution is 7.89. The first kappa shape index (κ1) is 20.7. The van der Waals surface area contributed by atoms with E-state index >= 15 is 0 Å². The number of anilines is 1. The number of methoxy groups -OCH3 is 1. The average Bonchev–Trinajstić information content (AvgIpc) is 2.61. The summed E-state index contributed by atoms with van der Waals surface area (Å²) in [5, 5.41) is 2.31. The monoisotopic (exact) mass is 402 g/mol. The second kappa shape index (κ2) is 8.40. The van der Waals surface area contributed by atoms with Crippen LogP contribution in [-0.2, 0) is 21.0 Å². The van der Waals surface area contributed by atoms with Gasteiger partial charge in [-0.2, -0.15) is 13.2 Å².